The van der Waals surface area contributed by atoms with Gasteiger partial charge < -0.3 is 10.6 Å². The van der Waals surface area contributed by atoms with Crippen molar-refractivity contribution in [3.8, 4) is 0 Å². The smallest absolute Gasteiger partial charge is 0.315 e. The summed E-state index contributed by atoms with van der Waals surface area (Å²) in [6.45, 7) is 3.08. The van der Waals surface area contributed by atoms with Crippen molar-refractivity contribution in [2.45, 2.75) is 19.9 Å². The van der Waals surface area contributed by atoms with Crippen LogP contribution in [0.4, 0.5) is 17.1 Å². The van der Waals surface area contributed by atoms with Crippen molar-refractivity contribution >= 4 is 17.1 Å². The second kappa shape index (κ2) is 7.18. The Morgan fingerprint density at radius 2 is 1.95 bits per heavy atom. The van der Waals surface area contributed by atoms with Gasteiger partial charge in [-0.2, -0.15) is 10.2 Å². The molecule has 0 aliphatic heterocycles. The maximum Gasteiger partial charge on any atom is 0.315 e. The molecule has 0 saturated heterocycles. The molecule has 2 rings (SSSR count). The van der Waals surface area contributed by atoms with Gasteiger partial charge in [-0.25, -0.2) is 0 Å². The molecule has 0 atom stereocenters. The molecule has 1 heterocycles. The second-order valence-electron chi connectivity index (χ2n) is 4.45. The number of nitrogens with one attached hydrogen (secondary N) is 2. The first-order valence-corrected chi connectivity index (χ1v) is 6.74. The summed E-state index contributed by atoms with van der Waals surface area (Å²) in [7, 11) is 0. The molecule has 0 spiro atoms. The monoisotopic (exact) mass is 287 g/mol. The molecule has 7 heteroatoms. The standard InChI is InChI=1S/C14H17N5O2/c1-2-8-15-12-6-3-7-13(14(12)19(20)21)16-10-11-5-4-9-17-18-11/h3-7,9,15-16H,2,8,10H2,1H3. The van der Waals surface area contributed by atoms with E-state index in [0.29, 0.717) is 24.5 Å². The topological polar surface area (TPSA) is 93.0 Å². The Bertz CT molecular complexity index is 604. The molecular formula is C14H17N5O2. The van der Waals surface area contributed by atoms with Gasteiger partial charge in [-0.1, -0.05) is 13.0 Å². The van der Waals surface area contributed by atoms with E-state index in [9.17, 15) is 10.1 Å². The summed E-state index contributed by atoms with van der Waals surface area (Å²) in [5.41, 5.74) is 1.76. The number of anilines is 2. The van der Waals surface area contributed by atoms with Crippen LogP contribution >= 0.6 is 0 Å². The summed E-state index contributed by atoms with van der Waals surface area (Å²) >= 11 is 0. The first-order valence-electron chi connectivity index (χ1n) is 6.74. The summed E-state index contributed by atoms with van der Waals surface area (Å²) < 4.78 is 0. The van der Waals surface area contributed by atoms with E-state index < -0.39 is 0 Å². The van der Waals surface area contributed by atoms with Gasteiger partial charge in [-0.15, -0.1) is 0 Å². The molecule has 0 radical (unpaired) electrons. The van der Waals surface area contributed by atoms with Gasteiger partial charge in [0.15, 0.2) is 0 Å². The maximum atomic E-state index is 11.3. The molecule has 0 bridgehead atoms. The Balaban J connectivity index is 2.20. The van der Waals surface area contributed by atoms with E-state index in [0.717, 1.165) is 12.1 Å². The molecule has 0 saturated carbocycles. The van der Waals surface area contributed by atoms with E-state index in [4.69, 9.17) is 0 Å². The van der Waals surface area contributed by atoms with Gasteiger partial charge in [-0.3, -0.25) is 10.1 Å². The van der Waals surface area contributed by atoms with Crippen molar-refractivity contribution in [3.63, 3.8) is 0 Å². The molecule has 2 aromatic rings. The van der Waals surface area contributed by atoms with Crippen LogP contribution in [0.2, 0.25) is 0 Å². The number of benzene rings is 1. The summed E-state index contributed by atoms with van der Waals surface area (Å²) in [6, 6.07) is 8.76. The predicted molar refractivity (Wildman–Crippen MR) is 81.2 cm³/mol. The SMILES string of the molecule is CCCNc1cccc(NCc2cccnn2)c1[N+](=O)[O-]. The van der Waals surface area contributed by atoms with Crippen LogP contribution in [-0.4, -0.2) is 21.7 Å². The second-order valence-corrected chi connectivity index (χ2v) is 4.45. The number of hydrogen-bond donors (Lipinski definition) is 2. The molecule has 2 N–H and O–H groups in total. The Labute approximate surface area is 122 Å². The Morgan fingerprint density at radius 3 is 2.57 bits per heavy atom. The first-order chi connectivity index (χ1) is 10.2. The van der Waals surface area contributed by atoms with E-state index in [2.05, 4.69) is 20.8 Å². The van der Waals surface area contributed by atoms with Gasteiger partial charge in [-0.05, 0) is 30.7 Å². The van der Waals surface area contributed by atoms with E-state index >= 15 is 0 Å². The molecule has 0 amide bonds. The van der Waals surface area contributed by atoms with Crippen molar-refractivity contribution in [3.05, 3.63) is 52.3 Å². The number of para-hydroxylation sites is 1. The first kappa shape index (κ1) is 14.7. The zero-order chi connectivity index (χ0) is 15.1. The molecule has 1 aromatic carbocycles. The number of aromatic nitrogens is 2. The van der Waals surface area contributed by atoms with E-state index in [1.54, 1.807) is 30.5 Å². The van der Waals surface area contributed by atoms with Crippen molar-refractivity contribution < 1.29 is 4.92 Å². The Morgan fingerprint density at radius 1 is 1.19 bits per heavy atom. The van der Waals surface area contributed by atoms with Crippen molar-refractivity contribution in [2.75, 3.05) is 17.2 Å². The molecule has 7 nitrogen and oxygen atoms in total. The highest BCUT2D eigenvalue weighted by molar-refractivity contribution is 5.76. The van der Waals surface area contributed by atoms with E-state index in [1.807, 2.05) is 13.0 Å². The number of rotatable bonds is 7. The van der Waals surface area contributed by atoms with Gasteiger partial charge in [0.25, 0.3) is 0 Å². The molecule has 110 valence electrons. The highest BCUT2D eigenvalue weighted by atomic mass is 16.6. The van der Waals surface area contributed by atoms with E-state index in [-0.39, 0.29) is 10.6 Å². The lowest BCUT2D eigenvalue weighted by Crippen LogP contribution is -2.08. The molecule has 1 aromatic heterocycles. The van der Waals surface area contributed by atoms with Gasteiger partial charge in [0.1, 0.15) is 11.4 Å². The van der Waals surface area contributed by atoms with Gasteiger partial charge in [0.2, 0.25) is 0 Å². The Kier molecular flexibility index (Phi) is 5.03. The third kappa shape index (κ3) is 3.88. The lowest BCUT2D eigenvalue weighted by atomic mass is 10.2. The van der Waals surface area contributed by atoms with Crippen molar-refractivity contribution in [2.24, 2.45) is 0 Å². The van der Waals surface area contributed by atoms with Gasteiger partial charge in [0, 0.05) is 12.7 Å². The fourth-order valence-corrected chi connectivity index (χ4v) is 1.90. The van der Waals surface area contributed by atoms with Crippen LogP contribution in [0.15, 0.2) is 36.5 Å². The summed E-state index contributed by atoms with van der Waals surface area (Å²) in [4.78, 5) is 10.9. The molecule has 0 aliphatic carbocycles. The summed E-state index contributed by atoms with van der Waals surface area (Å²) in [5, 5.41) is 25.2. The fraction of sp³-hybridized carbons (Fsp3) is 0.286. The largest absolute Gasteiger partial charge is 0.379 e. The average Bonchev–Trinajstić information content (AvgIpc) is 2.51. The molecular weight excluding hydrogens is 270 g/mol. The molecule has 21 heavy (non-hydrogen) atoms. The minimum Gasteiger partial charge on any atom is -0.379 e. The molecule has 0 aliphatic rings. The van der Waals surface area contributed by atoms with Crippen molar-refractivity contribution in [1.82, 2.24) is 10.2 Å². The summed E-state index contributed by atoms with van der Waals surface area (Å²) in [5.74, 6) is 0. The van der Waals surface area contributed by atoms with Crippen LogP contribution in [0.25, 0.3) is 0 Å². The maximum absolute atomic E-state index is 11.3. The van der Waals surface area contributed by atoms with Crippen LogP contribution in [-0.2, 0) is 6.54 Å². The zero-order valence-electron chi connectivity index (χ0n) is 11.7. The molecule has 0 unspecified atom stereocenters. The molecule has 0 fully saturated rings. The van der Waals surface area contributed by atoms with Crippen molar-refractivity contribution in [1.29, 1.82) is 0 Å². The van der Waals surface area contributed by atoms with Gasteiger partial charge >= 0.3 is 5.69 Å². The third-order valence-electron chi connectivity index (χ3n) is 2.87. The predicted octanol–water partition coefficient (Wildman–Crippen LogP) is 2.82. The lowest BCUT2D eigenvalue weighted by Gasteiger charge is -2.11. The third-order valence-corrected chi connectivity index (χ3v) is 2.87. The average molecular weight is 287 g/mol. The normalized spacial score (nSPS) is 10.1. The number of nitrogens with zero attached hydrogens (tertiary/aromatic N) is 3. The number of nitro benzene ring substituents is 1. The number of nitro groups is 1. The number of hydrogen-bond acceptors (Lipinski definition) is 6. The van der Waals surface area contributed by atoms with Crippen LogP contribution in [0.5, 0.6) is 0 Å². The van der Waals surface area contributed by atoms with Crippen LogP contribution in [0, 0.1) is 10.1 Å². The minimum atomic E-state index is -0.378. The van der Waals surface area contributed by atoms with Crippen LogP contribution < -0.4 is 10.6 Å². The van der Waals surface area contributed by atoms with Crippen LogP contribution in [0.3, 0.4) is 0 Å². The quantitative estimate of drug-likeness (QED) is 0.601. The highest BCUT2D eigenvalue weighted by Crippen LogP contribution is 2.32. The van der Waals surface area contributed by atoms with Gasteiger partial charge in [0.05, 0.1) is 17.2 Å². The lowest BCUT2D eigenvalue weighted by molar-refractivity contribution is -0.383. The van der Waals surface area contributed by atoms with E-state index in [1.165, 1.54) is 0 Å². The van der Waals surface area contributed by atoms with Crippen LogP contribution in [0.1, 0.15) is 19.0 Å². The Hall–Kier alpha value is -2.70. The fourth-order valence-electron chi connectivity index (χ4n) is 1.90. The minimum absolute atomic E-state index is 0.0508. The highest BCUT2D eigenvalue weighted by Gasteiger charge is 2.19. The summed E-state index contributed by atoms with van der Waals surface area (Å²) in [6.07, 6.45) is 2.48. The zero-order valence-corrected chi connectivity index (χ0v) is 11.7.